The quantitative estimate of drug-likeness (QED) is 0.901. The van der Waals surface area contributed by atoms with Gasteiger partial charge in [0, 0.05) is 11.4 Å². The van der Waals surface area contributed by atoms with Crippen LogP contribution in [0.2, 0.25) is 0 Å². The van der Waals surface area contributed by atoms with Crippen molar-refractivity contribution in [2.24, 2.45) is 0 Å². The van der Waals surface area contributed by atoms with Gasteiger partial charge in [0.25, 0.3) is 5.91 Å². The lowest BCUT2D eigenvalue weighted by Crippen LogP contribution is -2.36. The minimum Gasteiger partial charge on any atom is -0.495 e. The summed E-state index contributed by atoms with van der Waals surface area (Å²) in [5.41, 5.74) is 1.49. The molecule has 1 fully saturated rings. The van der Waals surface area contributed by atoms with E-state index in [9.17, 15) is 4.79 Å². The lowest BCUT2D eigenvalue weighted by molar-refractivity contribution is 0.0923. The Hall–Kier alpha value is -1.97. The summed E-state index contributed by atoms with van der Waals surface area (Å²) in [5.74, 6) is 0.745. The second kappa shape index (κ2) is 5.57. The summed E-state index contributed by atoms with van der Waals surface area (Å²) in [7, 11) is 1.64. The van der Waals surface area contributed by atoms with E-state index in [-0.39, 0.29) is 5.91 Å². The van der Waals surface area contributed by atoms with Gasteiger partial charge in [0.15, 0.2) is 0 Å². The fourth-order valence-electron chi connectivity index (χ4n) is 2.93. The predicted molar refractivity (Wildman–Crippen MR) is 79.2 cm³/mol. The molecule has 4 heteroatoms. The number of carbonyl (C=O) groups is 1. The van der Waals surface area contributed by atoms with Gasteiger partial charge in [-0.3, -0.25) is 4.79 Å². The molecule has 0 spiro atoms. The van der Waals surface area contributed by atoms with E-state index in [2.05, 4.69) is 10.3 Å². The number of aromatic nitrogens is 1. The molecular formula is C16H20N2O2. The molecule has 1 amide bonds. The van der Waals surface area contributed by atoms with Crippen molar-refractivity contribution in [3.8, 4) is 5.75 Å². The summed E-state index contributed by atoms with van der Waals surface area (Å²) in [6.45, 7) is 0. The summed E-state index contributed by atoms with van der Waals surface area (Å²) in [6, 6.07) is 8.01. The lowest BCUT2D eigenvalue weighted by Gasteiger charge is -2.22. The van der Waals surface area contributed by atoms with Crippen molar-refractivity contribution < 1.29 is 9.53 Å². The lowest BCUT2D eigenvalue weighted by atomic mass is 9.95. The molecule has 1 aliphatic carbocycles. The maximum atomic E-state index is 12.3. The van der Waals surface area contributed by atoms with Gasteiger partial charge in [-0.2, -0.15) is 0 Å². The van der Waals surface area contributed by atoms with Crippen molar-refractivity contribution in [2.75, 3.05) is 7.11 Å². The van der Waals surface area contributed by atoms with Crippen LogP contribution in [0.5, 0.6) is 5.75 Å². The first-order valence-corrected chi connectivity index (χ1v) is 7.24. The predicted octanol–water partition coefficient (Wildman–Crippen LogP) is 3.24. The van der Waals surface area contributed by atoms with Gasteiger partial charge in [-0.1, -0.05) is 31.4 Å². The average molecular weight is 272 g/mol. The first kappa shape index (κ1) is 13.0. The highest BCUT2D eigenvalue weighted by molar-refractivity contribution is 5.99. The molecule has 2 N–H and O–H groups in total. The van der Waals surface area contributed by atoms with E-state index in [0.717, 1.165) is 29.5 Å². The summed E-state index contributed by atoms with van der Waals surface area (Å²) >= 11 is 0. The highest BCUT2D eigenvalue weighted by atomic mass is 16.5. The molecule has 106 valence electrons. The number of carbonyl (C=O) groups excluding carboxylic acids is 1. The van der Waals surface area contributed by atoms with Gasteiger partial charge in [-0.25, -0.2) is 0 Å². The third-order valence-corrected chi connectivity index (χ3v) is 4.02. The number of para-hydroxylation sites is 1. The van der Waals surface area contributed by atoms with Crippen molar-refractivity contribution in [3.05, 3.63) is 30.0 Å². The maximum absolute atomic E-state index is 12.3. The zero-order chi connectivity index (χ0) is 13.9. The van der Waals surface area contributed by atoms with E-state index in [1.807, 2.05) is 24.3 Å². The standard InChI is InChI=1S/C16H20N2O2/c1-20-14-9-5-6-11-10-13(18-15(11)14)16(19)17-12-7-3-2-4-8-12/h5-6,9-10,12,18H,2-4,7-8H2,1H3,(H,17,19). The summed E-state index contributed by atoms with van der Waals surface area (Å²) in [5, 5.41) is 4.12. The Morgan fingerprint density at radius 1 is 1.30 bits per heavy atom. The molecule has 0 unspecified atom stereocenters. The number of hydrogen-bond acceptors (Lipinski definition) is 2. The molecule has 1 heterocycles. The van der Waals surface area contributed by atoms with Crippen LogP contribution in [0.15, 0.2) is 24.3 Å². The van der Waals surface area contributed by atoms with Crippen LogP contribution in [-0.4, -0.2) is 24.0 Å². The number of aromatic amines is 1. The van der Waals surface area contributed by atoms with E-state index in [0.29, 0.717) is 11.7 Å². The van der Waals surface area contributed by atoms with Gasteiger partial charge in [-0.05, 0) is 25.0 Å². The number of amides is 1. The Morgan fingerprint density at radius 2 is 2.10 bits per heavy atom. The van der Waals surface area contributed by atoms with Gasteiger partial charge in [0.1, 0.15) is 11.4 Å². The fourth-order valence-corrected chi connectivity index (χ4v) is 2.93. The Kier molecular flexibility index (Phi) is 3.63. The van der Waals surface area contributed by atoms with E-state index in [1.165, 1.54) is 19.3 Å². The third kappa shape index (κ3) is 2.50. The van der Waals surface area contributed by atoms with Crippen molar-refractivity contribution >= 4 is 16.8 Å². The van der Waals surface area contributed by atoms with E-state index >= 15 is 0 Å². The number of fused-ring (bicyclic) bond motifs is 1. The van der Waals surface area contributed by atoms with Crippen molar-refractivity contribution in [1.29, 1.82) is 0 Å². The molecule has 20 heavy (non-hydrogen) atoms. The number of hydrogen-bond donors (Lipinski definition) is 2. The third-order valence-electron chi connectivity index (χ3n) is 4.02. The van der Waals surface area contributed by atoms with Crippen LogP contribution in [0.1, 0.15) is 42.6 Å². The molecule has 0 bridgehead atoms. The Balaban J connectivity index is 1.80. The number of rotatable bonds is 3. The van der Waals surface area contributed by atoms with Crippen LogP contribution in [0.4, 0.5) is 0 Å². The molecule has 2 aromatic rings. The van der Waals surface area contributed by atoms with E-state index in [4.69, 9.17) is 4.74 Å². The molecule has 1 aliphatic rings. The fraction of sp³-hybridized carbons (Fsp3) is 0.438. The molecule has 0 radical (unpaired) electrons. The normalized spacial score (nSPS) is 16.2. The van der Waals surface area contributed by atoms with Crippen LogP contribution in [-0.2, 0) is 0 Å². The van der Waals surface area contributed by atoms with Gasteiger partial charge in [-0.15, -0.1) is 0 Å². The minimum atomic E-state index is -0.0184. The number of H-pyrrole nitrogens is 1. The molecular weight excluding hydrogens is 252 g/mol. The summed E-state index contributed by atoms with van der Waals surface area (Å²) in [6.07, 6.45) is 5.90. The largest absolute Gasteiger partial charge is 0.495 e. The second-order valence-electron chi connectivity index (χ2n) is 5.42. The molecule has 0 saturated heterocycles. The van der Waals surface area contributed by atoms with Gasteiger partial charge >= 0.3 is 0 Å². The van der Waals surface area contributed by atoms with Crippen molar-refractivity contribution in [2.45, 2.75) is 38.1 Å². The second-order valence-corrected chi connectivity index (χ2v) is 5.42. The molecule has 1 saturated carbocycles. The number of methoxy groups -OCH3 is 1. The smallest absolute Gasteiger partial charge is 0.267 e. The van der Waals surface area contributed by atoms with Gasteiger partial charge < -0.3 is 15.0 Å². The van der Waals surface area contributed by atoms with Gasteiger partial charge in [0.05, 0.1) is 12.6 Å². The van der Waals surface area contributed by atoms with E-state index < -0.39 is 0 Å². The van der Waals surface area contributed by atoms with E-state index in [1.54, 1.807) is 7.11 Å². The number of ether oxygens (including phenoxy) is 1. The molecule has 1 aromatic heterocycles. The molecule has 4 nitrogen and oxygen atoms in total. The maximum Gasteiger partial charge on any atom is 0.267 e. The van der Waals surface area contributed by atoms with Gasteiger partial charge in [0.2, 0.25) is 0 Å². The van der Waals surface area contributed by atoms with Crippen LogP contribution >= 0.6 is 0 Å². The summed E-state index contributed by atoms with van der Waals surface area (Å²) in [4.78, 5) is 15.5. The first-order valence-electron chi connectivity index (χ1n) is 7.24. The van der Waals surface area contributed by atoms with Crippen LogP contribution in [0, 0.1) is 0 Å². The summed E-state index contributed by atoms with van der Waals surface area (Å²) < 4.78 is 5.31. The Labute approximate surface area is 118 Å². The highest BCUT2D eigenvalue weighted by Gasteiger charge is 2.18. The van der Waals surface area contributed by atoms with Crippen molar-refractivity contribution in [3.63, 3.8) is 0 Å². The monoisotopic (exact) mass is 272 g/mol. The van der Waals surface area contributed by atoms with Crippen molar-refractivity contribution in [1.82, 2.24) is 10.3 Å². The SMILES string of the molecule is COc1cccc2cc(C(=O)NC3CCCCC3)[nH]c12. The topological polar surface area (TPSA) is 54.1 Å². The Bertz CT molecular complexity index is 612. The van der Waals surface area contributed by atoms with Crippen LogP contribution in [0.25, 0.3) is 10.9 Å². The Morgan fingerprint density at radius 3 is 2.85 bits per heavy atom. The molecule has 0 atom stereocenters. The highest BCUT2D eigenvalue weighted by Crippen LogP contribution is 2.25. The molecule has 0 aliphatic heterocycles. The molecule has 1 aromatic carbocycles. The first-order chi connectivity index (χ1) is 9.78. The average Bonchev–Trinajstić information content (AvgIpc) is 2.92. The minimum absolute atomic E-state index is 0.0184. The zero-order valence-corrected chi connectivity index (χ0v) is 11.7. The van der Waals surface area contributed by atoms with Crippen LogP contribution < -0.4 is 10.1 Å². The zero-order valence-electron chi connectivity index (χ0n) is 11.7. The van der Waals surface area contributed by atoms with Crippen LogP contribution in [0.3, 0.4) is 0 Å². The number of benzene rings is 1. The molecule has 3 rings (SSSR count). The number of nitrogens with one attached hydrogen (secondary N) is 2.